The Morgan fingerprint density at radius 2 is 1.82 bits per heavy atom. The summed E-state index contributed by atoms with van der Waals surface area (Å²) in [7, 11) is 0. The number of benzene rings is 1. The first-order valence-electron chi connectivity index (χ1n) is 5.57. The first-order chi connectivity index (χ1) is 7.90. The Hall–Kier alpha value is -1.22. The van der Waals surface area contributed by atoms with Crippen LogP contribution in [0.25, 0.3) is 0 Å². The molecule has 0 N–H and O–H groups in total. The van der Waals surface area contributed by atoms with E-state index in [0.717, 1.165) is 0 Å². The lowest BCUT2D eigenvalue weighted by Crippen LogP contribution is -2.15. The van der Waals surface area contributed by atoms with E-state index in [1.165, 1.54) is 0 Å². The summed E-state index contributed by atoms with van der Waals surface area (Å²) in [4.78, 5) is 11.8. The molecule has 0 amide bonds. The third-order valence-electron chi connectivity index (χ3n) is 1.87. The third-order valence-corrected chi connectivity index (χ3v) is 2.10. The van der Waals surface area contributed by atoms with Crippen LogP contribution in [-0.4, -0.2) is 18.2 Å². The summed E-state index contributed by atoms with van der Waals surface area (Å²) in [6.07, 6.45) is -0.191. The highest BCUT2D eigenvalue weighted by Gasteiger charge is 2.16. The van der Waals surface area contributed by atoms with Gasteiger partial charge in [-0.1, -0.05) is 11.6 Å². The molecule has 4 heteroatoms. The fraction of sp³-hybridized carbons (Fsp3) is 0.462. The minimum Gasteiger partial charge on any atom is -0.490 e. The van der Waals surface area contributed by atoms with E-state index in [9.17, 15) is 4.79 Å². The number of halogens is 1. The van der Waals surface area contributed by atoms with Crippen molar-refractivity contribution >= 4 is 17.6 Å². The molecule has 0 saturated carbocycles. The van der Waals surface area contributed by atoms with Gasteiger partial charge in [0.15, 0.2) is 0 Å². The molecular weight excluding hydrogens is 240 g/mol. The third kappa shape index (κ3) is 4.27. The highest BCUT2D eigenvalue weighted by molar-refractivity contribution is 6.30. The fourth-order valence-electron chi connectivity index (χ4n) is 1.29. The van der Waals surface area contributed by atoms with Gasteiger partial charge in [0, 0.05) is 5.02 Å². The van der Waals surface area contributed by atoms with Gasteiger partial charge >= 0.3 is 5.97 Å². The Morgan fingerprint density at radius 3 is 2.35 bits per heavy atom. The second-order valence-corrected chi connectivity index (χ2v) is 4.70. The van der Waals surface area contributed by atoms with Gasteiger partial charge in [0.2, 0.25) is 0 Å². The molecule has 0 atom stereocenters. The number of hydrogen-bond donors (Lipinski definition) is 0. The van der Waals surface area contributed by atoms with Gasteiger partial charge in [-0.3, -0.25) is 0 Å². The lowest BCUT2D eigenvalue weighted by molar-refractivity contribution is 0.0372. The van der Waals surface area contributed by atoms with E-state index in [1.54, 1.807) is 32.0 Å². The summed E-state index contributed by atoms with van der Waals surface area (Å²) in [5, 5.41) is 0.529. The van der Waals surface area contributed by atoms with Crippen LogP contribution in [0.1, 0.15) is 38.1 Å². The van der Waals surface area contributed by atoms with Crippen LogP contribution in [-0.2, 0) is 4.74 Å². The lowest BCUT2D eigenvalue weighted by atomic mass is 10.2. The number of ether oxygens (including phenoxy) is 2. The molecule has 17 heavy (non-hydrogen) atoms. The molecule has 0 aliphatic rings. The fourth-order valence-corrected chi connectivity index (χ4v) is 1.46. The van der Waals surface area contributed by atoms with Gasteiger partial charge < -0.3 is 9.47 Å². The Labute approximate surface area is 107 Å². The summed E-state index contributed by atoms with van der Waals surface area (Å²) >= 11 is 5.88. The molecular formula is C13H17ClO3. The summed E-state index contributed by atoms with van der Waals surface area (Å²) in [5.41, 5.74) is 0.400. The summed E-state index contributed by atoms with van der Waals surface area (Å²) in [5.74, 6) is 0.0606. The monoisotopic (exact) mass is 256 g/mol. The van der Waals surface area contributed by atoms with Crippen molar-refractivity contribution in [3.8, 4) is 5.75 Å². The molecule has 0 aliphatic heterocycles. The van der Waals surface area contributed by atoms with Crippen LogP contribution in [0, 0.1) is 0 Å². The maximum Gasteiger partial charge on any atom is 0.342 e. The standard InChI is InChI=1S/C13H17ClO3/c1-8(2)16-12-7-10(14)5-6-11(12)13(15)17-9(3)4/h5-9H,1-4H3. The zero-order valence-corrected chi connectivity index (χ0v) is 11.2. The molecule has 0 bridgehead atoms. The van der Waals surface area contributed by atoms with E-state index in [0.29, 0.717) is 16.3 Å². The zero-order valence-electron chi connectivity index (χ0n) is 10.5. The molecule has 0 aromatic heterocycles. The van der Waals surface area contributed by atoms with E-state index < -0.39 is 5.97 Å². The number of esters is 1. The highest BCUT2D eigenvalue weighted by Crippen LogP contribution is 2.25. The zero-order chi connectivity index (χ0) is 13.0. The first kappa shape index (κ1) is 13.8. The largest absolute Gasteiger partial charge is 0.490 e. The summed E-state index contributed by atoms with van der Waals surface area (Å²) in [6.45, 7) is 7.38. The van der Waals surface area contributed by atoms with E-state index in [-0.39, 0.29) is 12.2 Å². The Bertz CT molecular complexity index is 400. The van der Waals surface area contributed by atoms with Gasteiger partial charge in [0.1, 0.15) is 11.3 Å². The lowest BCUT2D eigenvalue weighted by Gasteiger charge is -2.15. The number of carbonyl (C=O) groups excluding carboxylic acids is 1. The molecule has 94 valence electrons. The molecule has 0 radical (unpaired) electrons. The second kappa shape index (κ2) is 5.92. The number of rotatable bonds is 4. The van der Waals surface area contributed by atoms with Crippen molar-refractivity contribution in [2.45, 2.75) is 39.9 Å². The van der Waals surface area contributed by atoms with Crippen LogP contribution in [0.2, 0.25) is 5.02 Å². The van der Waals surface area contributed by atoms with Gasteiger partial charge in [-0.15, -0.1) is 0 Å². The first-order valence-corrected chi connectivity index (χ1v) is 5.95. The van der Waals surface area contributed by atoms with Crippen molar-refractivity contribution in [3.63, 3.8) is 0 Å². The van der Waals surface area contributed by atoms with Gasteiger partial charge in [0.05, 0.1) is 12.2 Å². The molecule has 0 fully saturated rings. The van der Waals surface area contributed by atoms with E-state index in [2.05, 4.69) is 0 Å². The molecule has 0 heterocycles. The average Bonchev–Trinajstić information content (AvgIpc) is 2.15. The predicted octanol–water partition coefficient (Wildman–Crippen LogP) is 3.69. The maximum absolute atomic E-state index is 11.8. The molecule has 3 nitrogen and oxygen atoms in total. The SMILES string of the molecule is CC(C)OC(=O)c1ccc(Cl)cc1OC(C)C. The van der Waals surface area contributed by atoms with Crippen LogP contribution in [0.3, 0.4) is 0 Å². The van der Waals surface area contributed by atoms with E-state index in [1.807, 2.05) is 13.8 Å². The van der Waals surface area contributed by atoms with Crippen molar-refractivity contribution in [1.29, 1.82) is 0 Å². The molecule has 0 saturated heterocycles. The van der Waals surface area contributed by atoms with Crippen molar-refractivity contribution in [1.82, 2.24) is 0 Å². The van der Waals surface area contributed by atoms with Crippen LogP contribution in [0.4, 0.5) is 0 Å². The Kier molecular flexibility index (Phi) is 4.82. The van der Waals surface area contributed by atoms with Crippen molar-refractivity contribution in [2.24, 2.45) is 0 Å². The molecule has 1 aromatic carbocycles. The van der Waals surface area contributed by atoms with E-state index in [4.69, 9.17) is 21.1 Å². The summed E-state index contributed by atoms with van der Waals surface area (Å²) in [6, 6.07) is 4.88. The maximum atomic E-state index is 11.8. The van der Waals surface area contributed by atoms with Gasteiger partial charge in [-0.05, 0) is 45.9 Å². The molecule has 1 aromatic rings. The van der Waals surface area contributed by atoms with Crippen molar-refractivity contribution in [3.05, 3.63) is 28.8 Å². The van der Waals surface area contributed by atoms with Gasteiger partial charge in [0.25, 0.3) is 0 Å². The average molecular weight is 257 g/mol. The van der Waals surface area contributed by atoms with Crippen molar-refractivity contribution in [2.75, 3.05) is 0 Å². The second-order valence-electron chi connectivity index (χ2n) is 4.26. The molecule has 1 rings (SSSR count). The highest BCUT2D eigenvalue weighted by atomic mass is 35.5. The van der Waals surface area contributed by atoms with Crippen LogP contribution in [0.5, 0.6) is 5.75 Å². The minimum atomic E-state index is -0.396. The normalized spacial score (nSPS) is 10.8. The van der Waals surface area contributed by atoms with Crippen molar-refractivity contribution < 1.29 is 14.3 Å². The van der Waals surface area contributed by atoms with E-state index >= 15 is 0 Å². The molecule has 0 spiro atoms. The predicted molar refractivity (Wildman–Crippen MR) is 67.8 cm³/mol. The molecule has 0 aliphatic carbocycles. The Balaban J connectivity index is 3.01. The Morgan fingerprint density at radius 1 is 1.18 bits per heavy atom. The summed E-state index contributed by atoms with van der Waals surface area (Å²) < 4.78 is 10.7. The van der Waals surface area contributed by atoms with Crippen LogP contribution >= 0.6 is 11.6 Å². The minimum absolute atomic E-state index is 0.0286. The van der Waals surface area contributed by atoms with Crippen LogP contribution < -0.4 is 4.74 Å². The quantitative estimate of drug-likeness (QED) is 0.771. The number of carbonyl (C=O) groups is 1. The topological polar surface area (TPSA) is 35.5 Å². The van der Waals surface area contributed by atoms with Crippen LogP contribution in [0.15, 0.2) is 18.2 Å². The smallest absolute Gasteiger partial charge is 0.342 e. The molecule has 0 unspecified atom stereocenters. The number of hydrogen-bond acceptors (Lipinski definition) is 3. The van der Waals surface area contributed by atoms with Gasteiger partial charge in [-0.25, -0.2) is 4.79 Å². The van der Waals surface area contributed by atoms with Gasteiger partial charge in [-0.2, -0.15) is 0 Å².